The summed E-state index contributed by atoms with van der Waals surface area (Å²) < 4.78 is 14.0. The summed E-state index contributed by atoms with van der Waals surface area (Å²) in [6.07, 6.45) is -0.0684. The van der Waals surface area contributed by atoms with Crippen LogP contribution < -0.4 is 11.1 Å². The number of nitrogens with one attached hydrogen (secondary N) is 1. The van der Waals surface area contributed by atoms with E-state index in [1.165, 1.54) is 23.1 Å². The first-order valence-corrected chi connectivity index (χ1v) is 6.56. The molecule has 1 heterocycles. The number of primary amides is 1. The third-order valence-corrected chi connectivity index (χ3v) is 3.48. The van der Waals surface area contributed by atoms with Crippen LogP contribution in [0.1, 0.15) is 6.42 Å². The molecule has 1 aliphatic rings. The van der Waals surface area contributed by atoms with Crippen molar-refractivity contribution < 1.29 is 18.9 Å². The Bertz CT molecular complexity index is 624. The van der Waals surface area contributed by atoms with Gasteiger partial charge in [-0.2, -0.15) is 0 Å². The van der Waals surface area contributed by atoms with Gasteiger partial charge in [0.2, 0.25) is 11.6 Å². The maximum atomic E-state index is 14.0. The molecule has 1 saturated heterocycles. The van der Waals surface area contributed by atoms with Gasteiger partial charge in [0, 0.05) is 25.6 Å². The van der Waals surface area contributed by atoms with Crippen molar-refractivity contribution in [3.63, 3.8) is 0 Å². The highest BCUT2D eigenvalue weighted by Crippen LogP contribution is 2.26. The van der Waals surface area contributed by atoms with Crippen molar-refractivity contribution in [1.29, 1.82) is 0 Å². The lowest BCUT2D eigenvalue weighted by molar-refractivity contribution is -0.383. The molecule has 0 spiro atoms. The molecule has 2 amide bonds. The number of likely N-dealkylation sites (tertiary alicyclic amines) is 1. The first kappa shape index (κ1) is 15.8. The molecule has 1 aromatic carbocycles. The van der Waals surface area contributed by atoms with E-state index in [0.29, 0.717) is 0 Å². The number of hydrogen-bond donors (Lipinski definition) is 2. The van der Waals surface area contributed by atoms with Crippen LogP contribution in [0.2, 0.25) is 0 Å². The molecule has 9 heteroatoms. The van der Waals surface area contributed by atoms with Gasteiger partial charge in [-0.25, -0.2) is 4.39 Å². The van der Waals surface area contributed by atoms with Gasteiger partial charge in [0.05, 0.1) is 11.5 Å². The molecular formula is C13H15FN4O4. The van der Waals surface area contributed by atoms with E-state index in [9.17, 15) is 24.1 Å². The summed E-state index contributed by atoms with van der Waals surface area (Å²) in [6, 6.07) is 5.71. The fourth-order valence-corrected chi connectivity index (χ4v) is 2.32. The lowest BCUT2D eigenvalue weighted by Crippen LogP contribution is -2.43. The number of anilines is 1. The van der Waals surface area contributed by atoms with E-state index in [1.807, 2.05) is 0 Å². The van der Waals surface area contributed by atoms with Crippen molar-refractivity contribution in [2.24, 2.45) is 5.73 Å². The van der Waals surface area contributed by atoms with Gasteiger partial charge in [0.15, 0.2) is 0 Å². The Morgan fingerprint density at radius 2 is 2.14 bits per heavy atom. The average Bonchev–Trinajstić information content (AvgIpc) is 2.81. The van der Waals surface area contributed by atoms with Gasteiger partial charge in [0.1, 0.15) is 5.69 Å². The van der Waals surface area contributed by atoms with Crippen LogP contribution in [0.5, 0.6) is 0 Å². The van der Waals surface area contributed by atoms with Crippen molar-refractivity contribution >= 4 is 23.2 Å². The molecule has 118 valence electrons. The zero-order chi connectivity index (χ0) is 16.3. The predicted octanol–water partition coefficient (Wildman–Crippen LogP) is 0.433. The van der Waals surface area contributed by atoms with Gasteiger partial charge in [-0.05, 0) is 6.07 Å². The first-order chi connectivity index (χ1) is 10.3. The Labute approximate surface area is 125 Å². The lowest BCUT2D eigenvalue weighted by Gasteiger charge is -2.17. The number of para-hydroxylation sites is 2. The number of nitrogens with zero attached hydrogens (tertiary/aromatic N) is 2. The SMILES string of the molecule is NC(=O)C1(F)CCN(CC(=O)Nc2ccccc2[N+](=O)[O-])C1. The molecule has 0 radical (unpaired) electrons. The molecule has 0 aliphatic carbocycles. The van der Waals surface area contributed by atoms with Crippen LogP contribution in [0.25, 0.3) is 0 Å². The number of hydrogen-bond acceptors (Lipinski definition) is 5. The van der Waals surface area contributed by atoms with Crippen molar-refractivity contribution in [3.05, 3.63) is 34.4 Å². The van der Waals surface area contributed by atoms with Gasteiger partial charge in [0.25, 0.3) is 11.6 Å². The normalized spacial score (nSPS) is 21.5. The predicted molar refractivity (Wildman–Crippen MR) is 75.8 cm³/mol. The third kappa shape index (κ3) is 3.37. The maximum Gasteiger partial charge on any atom is 0.292 e. The Hall–Kier alpha value is -2.55. The number of carbonyl (C=O) groups is 2. The quantitative estimate of drug-likeness (QED) is 0.604. The highest BCUT2D eigenvalue weighted by molar-refractivity contribution is 5.94. The van der Waals surface area contributed by atoms with Crippen LogP contribution in [0.3, 0.4) is 0 Å². The van der Waals surface area contributed by atoms with Gasteiger partial charge in [-0.15, -0.1) is 0 Å². The number of rotatable bonds is 5. The molecule has 2 rings (SSSR count). The lowest BCUT2D eigenvalue weighted by atomic mass is 10.1. The largest absolute Gasteiger partial charge is 0.367 e. The maximum absolute atomic E-state index is 14.0. The monoisotopic (exact) mass is 310 g/mol. The number of nitro benzene ring substituents is 1. The second kappa shape index (κ2) is 6.06. The van der Waals surface area contributed by atoms with Crippen molar-refractivity contribution in [3.8, 4) is 0 Å². The van der Waals surface area contributed by atoms with E-state index in [-0.39, 0.29) is 37.4 Å². The minimum atomic E-state index is -2.13. The number of halogens is 1. The molecule has 1 fully saturated rings. The molecule has 1 atom stereocenters. The summed E-state index contributed by atoms with van der Waals surface area (Å²) in [5.41, 5.74) is 2.70. The number of carbonyl (C=O) groups excluding carboxylic acids is 2. The van der Waals surface area contributed by atoms with Gasteiger partial charge < -0.3 is 11.1 Å². The van der Waals surface area contributed by atoms with Gasteiger partial charge >= 0.3 is 0 Å². The molecule has 1 unspecified atom stereocenters. The first-order valence-electron chi connectivity index (χ1n) is 6.56. The molecule has 8 nitrogen and oxygen atoms in total. The van der Waals surface area contributed by atoms with E-state index < -0.39 is 22.4 Å². The molecule has 0 aromatic heterocycles. The summed E-state index contributed by atoms with van der Waals surface area (Å²) in [6.45, 7) is -0.221. The number of amides is 2. The third-order valence-electron chi connectivity index (χ3n) is 3.48. The summed E-state index contributed by atoms with van der Waals surface area (Å²) >= 11 is 0. The Morgan fingerprint density at radius 1 is 1.45 bits per heavy atom. The van der Waals surface area contributed by atoms with E-state index in [0.717, 1.165) is 0 Å². The zero-order valence-corrected chi connectivity index (χ0v) is 11.6. The highest BCUT2D eigenvalue weighted by Gasteiger charge is 2.44. The second-order valence-electron chi connectivity index (χ2n) is 5.11. The molecular weight excluding hydrogens is 295 g/mol. The molecule has 22 heavy (non-hydrogen) atoms. The van der Waals surface area contributed by atoms with Crippen molar-refractivity contribution in [1.82, 2.24) is 4.90 Å². The number of nitro groups is 1. The Morgan fingerprint density at radius 3 is 2.73 bits per heavy atom. The molecule has 0 bridgehead atoms. The highest BCUT2D eigenvalue weighted by atomic mass is 19.1. The van der Waals surface area contributed by atoms with E-state index in [1.54, 1.807) is 6.07 Å². The number of alkyl halides is 1. The zero-order valence-electron chi connectivity index (χ0n) is 11.6. The average molecular weight is 310 g/mol. The second-order valence-corrected chi connectivity index (χ2v) is 5.11. The van der Waals surface area contributed by atoms with Crippen LogP contribution in [-0.2, 0) is 9.59 Å². The fourth-order valence-electron chi connectivity index (χ4n) is 2.32. The summed E-state index contributed by atoms with van der Waals surface area (Å²) in [5, 5.41) is 13.3. The minimum Gasteiger partial charge on any atom is -0.367 e. The number of benzene rings is 1. The Balaban J connectivity index is 1.98. The van der Waals surface area contributed by atoms with E-state index in [2.05, 4.69) is 5.32 Å². The standard InChI is InChI=1S/C13H15FN4O4/c14-13(12(15)20)5-6-17(8-13)7-11(19)16-9-3-1-2-4-10(9)18(21)22/h1-4H,5-8H2,(H2,15,20)(H,16,19). The summed E-state index contributed by atoms with van der Waals surface area (Å²) in [5.74, 6) is -1.57. The van der Waals surface area contributed by atoms with Crippen molar-refractivity contribution in [2.75, 3.05) is 25.0 Å². The van der Waals surface area contributed by atoms with Crippen molar-refractivity contribution in [2.45, 2.75) is 12.1 Å². The van der Waals surface area contributed by atoms with Crippen LogP contribution in [-0.4, -0.2) is 46.9 Å². The molecule has 0 saturated carbocycles. The number of nitrogens with two attached hydrogens (primary N) is 1. The van der Waals surface area contributed by atoms with E-state index >= 15 is 0 Å². The van der Waals surface area contributed by atoms with Crippen LogP contribution >= 0.6 is 0 Å². The molecule has 3 N–H and O–H groups in total. The molecule has 1 aromatic rings. The van der Waals surface area contributed by atoms with Gasteiger partial charge in [-0.3, -0.25) is 24.6 Å². The topological polar surface area (TPSA) is 119 Å². The van der Waals surface area contributed by atoms with Crippen LogP contribution in [0.15, 0.2) is 24.3 Å². The smallest absolute Gasteiger partial charge is 0.292 e. The molecule has 1 aliphatic heterocycles. The van der Waals surface area contributed by atoms with Crippen LogP contribution in [0, 0.1) is 10.1 Å². The summed E-state index contributed by atoms with van der Waals surface area (Å²) in [4.78, 5) is 34.6. The Kier molecular flexibility index (Phi) is 4.36. The van der Waals surface area contributed by atoms with Gasteiger partial charge in [-0.1, -0.05) is 12.1 Å². The van der Waals surface area contributed by atoms with Crippen LogP contribution in [0.4, 0.5) is 15.8 Å². The fraction of sp³-hybridized carbons (Fsp3) is 0.385. The summed E-state index contributed by atoms with van der Waals surface area (Å²) in [7, 11) is 0. The minimum absolute atomic E-state index is 0.0677. The van der Waals surface area contributed by atoms with E-state index in [4.69, 9.17) is 5.73 Å².